The minimum atomic E-state index is 0.400. The second kappa shape index (κ2) is 4.45. The molecule has 1 fully saturated rings. The molecule has 0 amide bonds. The average molecular weight is 183 g/mol. The molecule has 78 valence electrons. The van der Waals surface area contributed by atoms with Gasteiger partial charge in [-0.05, 0) is 57.9 Å². The Morgan fingerprint density at radius 3 is 2.38 bits per heavy atom. The molecular weight excluding hydrogens is 158 g/mol. The molecule has 0 aliphatic heterocycles. The molecule has 0 radical (unpaired) electrons. The van der Waals surface area contributed by atoms with Gasteiger partial charge in [-0.15, -0.1) is 0 Å². The highest BCUT2D eigenvalue weighted by molar-refractivity contribution is 4.94. The van der Waals surface area contributed by atoms with Crippen molar-refractivity contribution < 1.29 is 0 Å². The minimum Gasteiger partial charge on any atom is -0.312 e. The van der Waals surface area contributed by atoms with Gasteiger partial charge >= 0.3 is 0 Å². The number of hydrogen-bond donors (Lipinski definition) is 1. The van der Waals surface area contributed by atoms with E-state index in [1.165, 1.54) is 32.2 Å². The Labute approximate surface area is 83.3 Å². The van der Waals surface area contributed by atoms with Gasteiger partial charge in [0.25, 0.3) is 0 Å². The van der Waals surface area contributed by atoms with Gasteiger partial charge in [-0.2, -0.15) is 0 Å². The van der Waals surface area contributed by atoms with E-state index in [1.807, 2.05) is 0 Å². The molecule has 1 aliphatic rings. The molecule has 1 N–H and O–H groups in total. The fourth-order valence-corrected chi connectivity index (χ4v) is 1.87. The molecule has 0 atom stereocenters. The Kier molecular flexibility index (Phi) is 3.78. The molecule has 0 aromatic carbocycles. The van der Waals surface area contributed by atoms with Gasteiger partial charge in [-0.3, -0.25) is 0 Å². The third kappa shape index (κ3) is 4.12. The molecule has 1 heteroatoms. The van der Waals surface area contributed by atoms with Gasteiger partial charge in [0.2, 0.25) is 0 Å². The van der Waals surface area contributed by atoms with Gasteiger partial charge in [-0.25, -0.2) is 0 Å². The summed E-state index contributed by atoms with van der Waals surface area (Å²) in [6.45, 7) is 10.5. The zero-order chi connectivity index (χ0) is 9.90. The Balaban J connectivity index is 2.04. The Bertz CT molecular complexity index is 145. The minimum absolute atomic E-state index is 0.400. The van der Waals surface area contributed by atoms with Gasteiger partial charge in [0.15, 0.2) is 0 Å². The molecule has 1 saturated carbocycles. The molecule has 0 bridgehead atoms. The zero-order valence-electron chi connectivity index (χ0n) is 9.69. The summed E-state index contributed by atoms with van der Waals surface area (Å²) in [4.78, 5) is 0. The number of rotatable bonds is 6. The molecule has 1 rings (SSSR count). The normalized spacial score (nSPS) is 18.2. The van der Waals surface area contributed by atoms with Crippen LogP contribution in [0, 0.1) is 11.8 Å². The fraction of sp³-hybridized carbons (Fsp3) is 1.00. The topological polar surface area (TPSA) is 12.0 Å². The summed E-state index contributed by atoms with van der Waals surface area (Å²) >= 11 is 0. The summed E-state index contributed by atoms with van der Waals surface area (Å²) < 4.78 is 0. The van der Waals surface area contributed by atoms with Crippen LogP contribution in [0.5, 0.6) is 0 Å². The van der Waals surface area contributed by atoms with Gasteiger partial charge in [0, 0.05) is 5.54 Å². The van der Waals surface area contributed by atoms with Crippen LogP contribution >= 0.6 is 0 Å². The molecule has 0 heterocycles. The van der Waals surface area contributed by atoms with Crippen LogP contribution < -0.4 is 5.32 Å². The van der Waals surface area contributed by atoms with Crippen molar-refractivity contribution in [2.24, 2.45) is 11.8 Å². The monoisotopic (exact) mass is 183 g/mol. The van der Waals surface area contributed by atoms with E-state index in [9.17, 15) is 0 Å². The summed E-state index contributed by atoms with van der Waals surface area (Å²) in [5, 5.41) is 3.68. The summed E-state index contributed by atoms with van der Waals surface area (Å²) in [5.74, 6) is 1.80. The Hall–Kier alpha value is -0.0400. The molecule has 1 aliphatic carbocycles. The lowest BCUT2D eigenvalue weighted by Gasteiger charge is -2.26. The second-order valence-corrected chi connectivity index (χ2v) is 5.46. The summed E-state index contributed by atoms with van der Waals surface area (Å²) in [6.07, 6.45) is 5.55. The standard InChI is InChI=1S/C12H25N/c1-10(2)6-5-9-13-12(3,4)11-7-8-11/h10-11,13H,5-9H2,1-4H3. The van der Waals surface area contributed by atoms with Crippen molar-refractivity contribution in [2.45, 2.75) is 58.9 Å². The predicted octanol–water partition coefficient (Wildman–Crippen LogP) is 3.20. The lowest BCUT2D eigenvalue weighted by Crippen LogP contribution is -2.41. The van der Waals surface area contributed by atoms with E-state index in [1.54, 1.807) is 0 Å². The molecule has 13 heavy (non-hydrogen) atoms. The molecule has 0 unspecified atom stereocenters. The number of nitrogens with one attached hydrogen (secondary N) is 1. The van der Waals surface area contributed by atoms with Crippen molar-refractivity contribution in [3.63, 3.8) is 0 Å². The smallest absolute Gasteiger partial charge is 0.0153 e. The van der Waals surface area contributed by atoms with Crippen LogP contribution in [-0.4, -0.2) is 12.1 Å². The predicted molar refractivity (Wildman–Crippen MR) is 58.9 cm³/mol. The van der Waals surface area contributed by atoms with Crippen molar-refractivity contribution in [1.82, 2.24) is 5.32 Å². The lowest BCUT2D eigenvalue weighted by atomic mass is 9.98. The molecule has 0 saturated heterocycles. The molecule has 1 nitrogen and oxygen atoms in total. The first-order valence-electron chi connectivity index (χ1n) is 5.77. The van der Waals surface area contributed by atoms with Gasteiger partial charge in [0.1, 0.15) is 0 Å². The highest BCUT2D eigenvalue weighted by atomic mass is 15.0. The second-order valence-electron chi connectivity index (χ2n) is 5.46. The van der Waals surface area contributed by atoms with Crippen LogP contribution in [0.1, 0.15) is 53.4 Å². The van der Waals surface area contributed by atoms with E-state index in [0.717, 1.165) is 11.8 Å². The maximum Gasteiger partial charge on any atom is 0.0153 e. The average Bonchev–Trinajstić information content (AvgIpc) is 2.79. The highest BCUT2D eigenvalue weighted by Gasteiger charge is 2.36. The summed E-state index contributed by atoms with van der Waals surface area (Å²) in [6, 6.07) is 0. The van der Waals surface area contributed by atoms with Gasteiger partial charge < -0.3 is 5.32 Å². The summed E-state index contributed by atoms with van der Waals surface area (Å²) in [7, 11) is 0. The molecular formula is C12H25N. The molecule has 0 aromatic rings. The first kappa shape index (κ1) is 11.0. The number of hydrogen-bond acceptors (Lipinski definition) is 1. The van der Waals surface area contributed by atoms with Crippen molar-refractivity contribution in [2.75, 3.05) is 6.54 Å². The van der Waals surface area contributed by atoms with Gasteiger partial charge in [-0.1, -0.05) is 13.8 Å². The van der Waals surface area contributed by atoms with Crippen LogP contribution in [0.15, 0.2) is 0 Å². The van der Waals surface area contributed by atoms with Crippen molar-refractivity contribution in [3.05, 3.63) is 0 Å². The Morgan fingerprint density at radius 1 is 1.31 bits per heavy atom. The molecule has 0 spiro atoms. The lowest BCUT2D eigenvalue weighted by molar-refractivity contribution is 0.334. The van der Waals surface area contributed by atoms with Crippen LogP contribution in [0.25, 0.3) is 0 Å². The maximum absolute atomic E-state index is 3.68. The van der Waals surface area contributed by atoms with Crippen molar-refractivity contribution >= 4 is 0 Å². The zero-order valence-corrected chi connectivity index (χ0v) is 9.69. The first-order valence-corrected chi connectivity index (χ1v) is 5.77. The van der Waals surface area contributed by atoms with E-state index >= 15 is 0 Å². The highest BCUT2D eigenvalue weighted by Crippen LogP contribution is 2.39. The van der Waals surface area contributed by atoms with E-state index in [-0.39, 0.29) is 0 Å². The van der Waals surface area contributed by atoms with Crippen LogP contribution in [-0.2, 0) is 0 Å². The molecule has 0 aromatic heterocycles. The third-order valence-electron chi connectivity index (χ3n) is 3.14. The van der Waals surface area contributed by atoms with E-state index in [2.05, 4.69) is 33.0 Å². The van der Waals surface area contributed by atoms with E-state index < -0.39 is 0 Å². The van der Waals surface area contributed by atoms with E-state index in [0.29, 0.717) is 5.54 Å². The first-order chi connectivity index (χ1) is 6.02. The van der Waals surface area contributed by atoms with Crippen molar-refractivity contribution in [1.29, 1.82) is 0 Å². The van der Waals surface area contributed by atoms with Crippen molar-refractivity contribution in [3.8, 4) is 0 Å². The maximum atomic E-state index is 3.68. The Morgan fingerprint density at radius 2 is 1.92 bits per heavy atom. The quantitative estimate of drug-likeness (QED) is 0.624. The largest absolute Gasteiger partial charge is 0.312 e. The third-order valence-corrected chi connectivity index (χ3v) is 3.14. The SMILES string of the molecule is CC(C)CCCNC(C)(C)C1CC1. The fourth-order valence-electron chi connectivity index (χ4n) is 1.87. The van der Waals surface area contributed by atoms with Crippen LogP contribution in [0.2, 0.25) is 0 Å². The summed E-state index contributed by atoms with van der Waals surface area (Å²) in [5.41, 5.74) is 0.400. The van der Waals surface area contributed by atoms with Crippen LogP contribution in [0.3, 0.4) is 0 Å². The van der Waals surface area contributed by atoms with Crippen LogP contribution in [0.4, 0.5) is 0 Å². The van der Waals surface area contributed by atoms with E-state index in [4.69, 9.17) is 0 Å². The van der Waals surface area contributed by atoms with Gasteiger partial charge in [0.05, 0.1) is 0 Å².